The van der Waals surface area contributed by atoms with Crippen LogP contribution in [0.5, 0.6) is 0 Å². The Hall–Kier alpha value is -2.67. The van der Waals surface area contributed by atoms with E-state index in [1.165, 1.54) is 0 Å². The molecule has 1 fully saturated rings. The SMILES string of the molecule is CC(=C[C@H](C(C)C)N(C)C(=O)[C@@H](NC(=O)C1CCCCN1C(C)C)C(C)C)C(=O)NC(C)c1ccccc1. The number of carbonyl (C=O) groups is 3. The molecule has 0 spiro atoms. The molecular formula is C31H50N4O3. The van der Waals surface area contributed by atoms with Gasteiger partial charge in [0, 0.05) is 18.7 Å². The lowest BCUT2D eigenvalue weighted by molar-refractivity contribution is -0.140. The van der Waals surface area contributed by atoms with Crippen LogP contribution >= 0.6 is 0 Å². The third-order valence-corrected chi connectivity index (χ3v) is 7.64. The number of benzene rings is 1. The maximum atomic E-state index is 13.7. The van der Waals surface area contributed by atoms with Crippen LogP contribution in [-0.2, 0) is 14.4 Å². The predicted molar refractivity (Wildman–Crippen MR) is 154 cm³/mol. The number of likely N-dealkylation sites (N-methyl/N-ethyl adjacent to an activating group) is 1. The number of likely N-dealkylation sites (tertiary alicyclic amines) is 1. The van der Waals surface area contributed by atoms with Gasteiger partial charge in [0.05, 0.1) is 18.1 Å². The first kappa shape index (κ1) is 31.5. The van der Waals surface area contributed by atoms with Crippen molar-refractivity contribution in [3.8, 4) is 0 Å². The molecule has 1 heterocycles. The highest BCUT2D eigenvalue weighted by atomic mass is 16.2. The molecule has 7 heteroatoms. The molecule has 1 aromatic rings. The minimum atomic E-state index is -0.634. The standard InChI is InChI=1S/C31H50N4O3/c1-20(2)27(19-23(7)29(36)32-24(8)25-15-11-10-12-16-25)34(9)31(38)28(21(3)4)33-30(37)26-17-13-14-18-35(26)22(5)6/h10-12,15-16,19-22,24,26-28H,13-14,17-18H2,1-9H3,(H,32,36)(H,33,37)/t24?,26?,27-,28+/m1/s1. The third kappa shape index (κ3) is 8.42. The number of nitrogens with zero attached hydrogens (tertiary/aromatic N) is 2. The number of carbonyl (C=O) groups excluding carboxylic acids is 3. The van der Waals surface area contributed by atoms with E-state index in [0.717, 1.165) is 31.4 Å². The van der Waals surface area contributed by atoms with Gasteiger partial charge in [-0.1, -0.05) is 70.5 Å². The molecule has 1 aliphatic rings. The zero-order valence-electron chi connectivity index (χ0n) is 25.0. The Labute approximate surface area is 230 Å². The average molecular weight is 527 g/mol. The molecule has 1 aliphatic heterocycles. The molecule has 0 aliphatic carbocycles. The summed E-state index contributed by atoms with van der Waals surface area (Å²) in [5.41, 5.74) is 1.59. The van der Waals surface area contributed by atoms with Crippen LogP contribution in [0.15, 0.2) is 42.0 Å². The zero-order valence-corrected chi connectivity index (χ0v) is 25.0. The molecule has 4 atom stereocenters. The van der Waals surface area contributed by atoms with Crippen LogP contribution in [0.25, 0.3) is 0 Å². The summed E-state index contributed by atoms with van der Waals surface area (Å²) >= 11 is 0. The lowest BCUT2D eigenvalue weighted by atomic mass is 9.95. The highest BCUT2D eigenvalue weighted by molar-refractivity contribution is 5.93. The Morgan fingerprint density at radius 2 is 1.58 bits per heavy atom. The van der Waals surface area contributed by atoms with Crippen molar-refractivity contribution in [1.82, 2.24) is 20.4 Å². The van der Waals surface area contributed by atoms with E-state index in [1.807, 2.05) is 71.0 Å². The van der Waals surface area contributed by atoms with E-state index in [2.05, 4.69) is 29.4 Å². The van der Waals surface area contributed by atoms with E-state index in [0.29, 0.717) is 5.57 Å². The van der Waals surface area contributed by atoms with Gasteiger partial charge in [0.2, 0.25) is 17.7 Å². The summed E-state index contributed by atoms with van der Waals surface area (Å²) < 4.78 is 0. The van der Waals surface area contributed by atoms with Crippen molar-refractivity contribution in [3.05, 3.63) is 47.5 Å². The Bertz CT molecular complexity index is 957. The van der Waals surface area contributed by atoms with Crippen LogP contribution in [0.1, 0.15) is 86.3 Å². The fourth-order valence-electron chi connectivity index (χ4n) is 5.20. The van der Waals surface area contributed by atoms with Crippen LogP contribution in [0, 0.1) is 11.8 Å². The van der Waals surface area contributed by atoms with E-state index in [4.69, 9.17) is 0 Å². The summed E-state index contributed by atoms with van der Waals surface area (Å²) in [6.45, 7) is 16.9. The Morgan fingerprint density at radius 3 is 2.13 bits per heavy atom. The minimum Gasteiger partial charge on any atom is -0.346 e. The van der Waals surface area contributed by atoms with Gasteiger partial charge in [-0.25, -0.2) is 0 Å². The number of hydrogen-bond acceptors (Lipinski definition) is 4. The second kappa shape index (κ2) is 14.5. The quantitative estimate of drug-likeness (QED) is 0.410. The molecule has 0 radical (unpaired) electrons. The molecular weight excluding hydrogens is 476 g/mol. The Morgan fingerprint density at radius 1 is 0.947 bits per heavy atom. The van der Waals surface area contributed by atoms with Gasteiger partial charge in [-0.05, 0) is 64.5 Å². The van der Waals surface area contributed by atoms with Gasteiger partial charge in [0.15, 0.2) is 0 Å². The summed E-state index contributed by atoms with van der Waals surface area (Å²) in [5.74, 6) is -0.357. The van der Waals surface area contributed by atoms with Gasteiger partial charge >= 0.3 is 0 Å². The second-order valence-corrected chi connectivity index (χ2v) is 11.7. The molecule has 2 unspecified atom stereocenters. The molecule has 2 rings (SSSR count). The molecule has 0 aromatic heterocycles. The van der Waals surface area contributed by atoms with Gasteiger partial charge < -0.3 is 15.5 Å². The molecule has 212 valence electrons. The van der Waals surface area contributed by atoms with Crippen LogP contribution < -0.4 is 10.6 Å². The van der Waals surface area contributed by atoms with Crippen molar-refractivity contribution in [1.29, 1.82) is 0 Å². The topological polar surface area (TPSA) is 81.8 Å². The molecule has 1 aromatic carbocycles. The number of rotatable bonds is 11. The number of piperidine rings is 1. The Kier molecular flexibility index (Phi) is 12.0. The highest BCUT2D eigenvalue weighted by Gasteiger charge is 2.36. The van der Waals surface area contributed by atoms with E-state index >= 15 is 0 Å². The van der Waals surface area contributed by atoms with Gasteiger partial charge in [-0.15, -0.1) is 0 Å². The van der Waals surface area contributed by atoms with Crippen LogP contribution in [0.4, 0.5) is 0 Å². The highest BCUT2D eigenvalue weighted by Crippen LogP contribution is 2.22. The summed E-state index contributed by atoms with van der Waals surface area (Å²) in [5, 5.41) is 6.15. The van der Waals surface area contributed by atoms with E-state index in [-0.39, 0.29) is 53.7 Å². The summed E-state index contributed by atoms with van der Waals surface area (Å²) in [7, 11) is 1.77. The predicted octanol–water partition coefficient (Wildman–Crippen LogP) is 4.70. The minimum absolute atomic E-state index is 0.0686. The summed E-state index contributed by atoms with van der Waals surface area (Å²) in [6, 6.07) is 8.84. The maximum Gasteiger partial charge on any atom is 0.247 e. The number of hydrogen-bond donors (Lipinski definition) is 2. The van der Waals surface area contributed by atoms with Crippen LogP contribution in [0.2, 0.25) is 0 Å². The molecule has 2 N–H and O–H groups in total. The van der Waals surface area contributed by atoms with E-state index in [1.54, 1.807) is 18.9 Å². The number of amides is 3. The molecule has 1 saturated heterocycles. The van der Waals surface area contributed by atoms with E-state index in [9.17, 15) is 14.4 Å². The van der Waals surface area contributed by atoms with Crippen molar-refractivity contribution in [2.45, 2.75) is 105 Å². The second-order valence-electron chi connectivity index (χ2n) is 11.7. The normalized spacial score (nSPS) is 19.3. The molecule has 3 amide bonds. The first-order chi connectivity index (χ1) is 17.8. The molecule has 38 heavy (non-hydrogen) atoms. The molecule has 0 bridgehead atoms. The maximum absolute atomic E-state index is 13.7. The monoisotopic (exact) mass is 526 g/mol. The first-order valence-electron chi connectivity index (χ1n) is 14.2. The molecule has 0 saturated carbocycles. The zero-order chi connectivity index (χ0) is 28.6. The van der Waals surface area contributed by atoms with Crippen LogP contribution in [-0.4, -0.2) is 65.3 Å². The van der Waals surface area contributed by atoms with E-state index < -0.39 is 6.04 Å². The van der Waals surface area contributed by atoms with Crippen molar-refractivity contribution >= 4 is 17.7 Å². The fourth-order valence-corrected chi connectivity index (χ4v) is 5.20. The van der Waals surface area contributed by atoms with Crippen molar-refractivity contribution in [3.63, 3.8) is 0 Å². The molecule has 7 nitrogen and oxygen atoms in total. The fraction of sp³-hybridized carbons (Fsp3) is 0.645. The lowest BCUT2D eigenvalue weighted by Crippen LogP contribution is -2.58. The summed E-state index contributed by atoms with van der Waals surface area (Å²) in [6.07, 6.45) is 4.80. The van der Waals surface area contributed by atoms with Crippen molar-refractivity contribution in [2.75, 3.05) is 13.6 Å². The third-order valence-electron chi connectivity index (χ3n) is 7.64. The smallest absolute Gasteiger partial charge is 0.247 e. The van der Waals surface area contributed by atoms with Crippen molar-refractivity contribution < 1.29 is 14.4 Å². The van der Waals surface area contributed by atoms with Crippen molar-refractivity contribution in [2.24, 2.45) is 11.8 Å². The van der Waals surface area contributed by atoms with Crippen LogP contribution in [0.3, 0.4) is 0 Å². The van der Waals surface area contributed by atoms with Gasteiger partial charge in [0.25, 0.3) is 0 Å². The van der Waals surface area contributed by atoms with Gasteiger partial charge in [0.1, 0.15) is 6.04 Å². The Balaban J connectivity index is 2.16. The first-order valence-corrected chi connectivity index (χ1v) is 14.2. The average Bonchev–Trinajstić information content (AvgIpc) is 2.89. The van der Waals surface area contributed by atoms with Gasteiger partial charge in [-0.2, -0.15) is 0 Å². The largest absolute Gasteiger partial charge is 0.346 e. The number of nitrogens with one attached hydrogen (secondary N) is 2. The summed E-state index contributed by atoms with van der Waals surface area (Å²) in [4.78, 5) is 44.0. The lowest BCUT2D eigenvalue weighted by Gasteiger charge is -2.39. The van der Waals surface area contributed by atoms with Gasteiger partial charge in [-0.3, -0.25) is 19.3 Å².